The maximum absolute atomic E-state index is 5.67. The molecule has 3 rings (SSSR count). The minimum atomic E-state index is 0.489. The quantitative estimate of drug-likeness (QED) is 0.757. The Morgan fingerprint density at radius 1 is 1.25 bits per heavy atom. The number of hydrogen-bond donors (Lipinski definition) is 2. The highest BCUT2D eigenvalue weighted by atomic mass is 15.1. The molecule has 1 aromatic carbocycles. The van der Waals surface area contributed by atoms with E-state index >= 15 is 0 Å². The van der Waals surface area contributed by atoms with E-state index in [0.29, 0.717) is 18.2 Å². The lowest BCUT2D eigenvalue weighted by Gasteiger charge is -2.18. The lowest BCUT2D eigenvalue weighted by molar-refractivity contribution is 0.841. The molecule has 0 amide bonds. The number of nitrogens with one attached hydrogen (secondary N) is 1. The van der Waals surface area contributed by atoms with E-state index in [1.54, 1.807) is 12.3 Å². The number of nitrogens with two attached hydrogens (primary N) is 1. The normalized spacial score (nSPS) is 10.9. The molecule has 6 nitrogen and oxygen atoms in total. The molecule has 0 aliphatic heterocycles. The molecule has 0 aliphatic rings. The van der Waals surface area contributed by atoms with Crippen molar-refractivity contribution in [3.05, 3.63) is 42.1 Å². The predicted molar refractivity (Wildman–Crippen MR) is 79.4 cm³/mol. The number of anilines is 2. The zero-order valence-corrected chi connectivity index (χ0v) is 11.5. The van der Waals surface area contributed by atoms with Crippen molar-refractivity contribution in [1.29, 1.82) is 0 Å². The molecule has 0 aliphatic carbocycles. The molecule has 0 spiro atoms. The van der Waals surface area contributed by atoms with Crippen LogP contribution in [-0.2, 0) is 6.54 Å². The Bertz CT molecular complexity index is 748. The Hall–Kier alpha value is -2.63. The van der Waals surface area contributed by atoms with Gasteiger partial charge in [-0.25, -0.2) is 15.0 Å². The van der Waals surface area contributed by atoms with Crippen LogP contribution in [0, 0.1) is 6.92 Å². The summed E-state index contributed by atoms with van der Waals surface area (Å²) in [6, 6.07) is 7.80. The summed E-state index contributed by atoms with van der Waals surface area (Å²) >= 11 is 0. The minimum Gasteiger partial charge on any atom is -0.384 e. The second kappa shape index (κ2) is 4.80. The number of aromatic nitrogens is 4. The van der Waals surface area contributed by atoms with Gasteiger partial charge in [-0.15, -0.1) is 0 Å². The van der Waals surface area contributed by atoms with Gasteiger partial charge in [-0.2, -0.15) is 0 Å². The second-order valence-corrected chi connectivity index (χ2v) is 4.78. The van der Waals surface area contributed by atoms with Gasteiger partial charge in [-0.05, 0) is 31.2 Å². The summed E-state index contributed by atoms with van der Waals surface area (Å²) in [5, 5.41) is 0. The molecule has 0 saturated heterocycles. The van der Waals surface area contributed by atoms with E-state index in [0.717, 1.165) is 22.5 Å². The highest BCUT2D eigenvalue weighted by Gasteiger charge is 2.07. The van der Waals surface area contributed by atoms with Crippen LogP contribution < -0.4 is 10.6 Å². The Balaban J connectivity index is 1.86. The van der Waals surface area contributed by atoms with Crippen LogP contribution in [0.25, 0.3) is 11.0 Å². The topological polar surface area (TPSA) is 83.7 Å². The third kappa shape index (κ3) is 2.40. The maximum Gasteiger partial charge on any atom is 0.149 e. The largest absolute Gasteiger partial charge is 0.384 e. The average molecular weight is 268 g/mol. The van der Waals surface area contributed by atoms with Crippen molar-refractivity contribution in [1.82, 2.24) is 19.9 Å². The first-order valence-corrected chi connectivity index (χ1v) is 6.37. The molecule has 0 atom stereocenters. The van der Waals surface area contributed by atoms with E-state index in [4.69, 9.17) is 5.73 Å². The van der Waals surface area contributed by atoms with E-state index in [1.807, 2.05) is 26.1 Å². The van der Waals surface area contributed by atoms with E-state index in [1.165, 1.54) is 0 Å². The van der Waals surface area contributed by atoms with Crippen molar-refractivity contribution in [3.63, 3.8) is 0 Å². The second-order valence-electron chi connectivity index (χ2n) is 4.78. The summed E-state index contributed by atoms with van der Waals surface area (Å²) in [4.78, 5) is 18.1. The van der Waals surface area contributed by atoms with Gasteiger partial charge in [0.1, 0.15) is 17.5 Å². The smallest absolute Gasteiger partial charge is 0.149 e. The van der Waals surface area contributed by atoms with Gasteiger partial charge >= 0.3 is 0 Å². The molecule has 20 heavy (non-hydrogen) atoms. The first-order valence-electron chi connectivity index (χ1n) is 6.37. The number of aryl methyl sites for hydroxylation is 1. The van der Waals surface area contributed by atoms with Crippen LogP contribution in [0.1, 0.15) is 11.6 Å². The number of imidazole rings is 1. The molecule has 2 heterocycles. The van der Waals surface area contributed by atoms with Gasteiger partial charge in [0, 0.05) is 18.9 Å². The number of benzene rings is 1. The lowest BCUT2D eigenvalue weighted by Crippen LogP contribution is -2.18. The number of rotatable bonds is 3. The molecule has 6 heteroatoms. The molecular weight excluding hydrogens is 252 g/mol. The maximum atomic E-state index is 5.67. The van der Waals surface area contributed by atoms with Crippen molar-refractivity contribution in [3.8, 4) is 0 Å². The summed E-state index contributed by atoms with van der Waals surface area (Å²) in [6.07, 6.45) is 1.67. The summed E-state index contributed by atoms with van der Waals surface area (Å²) in [7, 11) is 2.00. The van der Waals surface area contributed by atoms with Crippen LogP contribution in [0.3, 0.4) is 0 Å². The summed E-state index contributed by atoms with van der Waals surface area (Å²) < 4.78 is 0. The first-order chi connectivity index (χ1) is 9.61. The van der Waals surface area contributed by atoms with E-state index in [-0.39, 0.29) is 0 Å². The van der Waals surface area contributed by atoms with Crippen LogP contribution in [0.15, 0.2) is 30.5 Å². The fourth-order valence-corrected chi connectivity index (χ4v) is 2.16. The number of H-pyrrole nitrogens is 1. The van der Waals surface area contributed by atoms with Gasteiger partial charge in [0.25, 0.3) is 0 Å². The summed E-state index contributed by atoms with van der Waals surface area (Å²) in [5.41, 5.74) is 8.74. The zero-order chi connectivity index (χ0) is 14.1. The van der Waals surface area contributed by atoms with Crippen LogP contribution in [-0.4, -0.2) is 27.0 Å². The minimum absolute atomic E-state index is 0.489. The van der Waals surface area contributed by atoms with Crippen LogP contribution in [0.2, 0.25) is 0 Å². The molecule has 3 N–H and O–H groups in total. The molecule has 102 valence electrons. The van der Waals surface area contributed by atoms with Crippen molar-refractivity contribution in [2.24, 2.45) is 0 Å². The molecule has 0 radical (unpaired) electrons. The summed E-state index contributed by atoms with van der Waals surface area (Å²) in [6.45, 7) is 2.55. The van der Waals surface area contributed by atoms with Gasteiger partial charge in [0.2, 0.25) is 0 Å². The van der Waals surface area contributed by atoms with E-state index < -0.39 is 0 Å². The van der Waals surface area contributed by atoms with Crippen molar-refractivity contribution in [2.45, 2.75) is 13.5 Å². The third-order valence-electron chi connectivity index (χ3n) is 3.13. The Kier molecular flexibility index (Phi) is 2.98. The molecule has 0 bridgehead atoms. The van der Waals surface area contributed by atoms with Crippen LogP contribution in [0.4, 0.5) is 11.5 Å². The van der Waals surface area contributed by atoms with Crippen molar-refractivity contribution < 1.29 is 0 Å². The number of hydrogen-bond acceptors (Lipinski definition) is 5. The average Bonchev–Trinajstić information content (AvgIpc) is 2.77. The van der Waals surface area contributed by atoms with E-state index in [9.17, 15) is 0 Å². The van der Waals surface area contributed by atoms with Crippen molar-refractivity contribution in [2.75, 3.05) is 17.7 Å². The highest BCUT2D eigenvalue weighted by Crippen LogP contribution is 2.20. The first kappa shape index (κ1) is 12.4. The van der Waals surface area contributed by atoms with Gasteiger partial charge in [0.15, 0.2) is 0 Å². The van der Waals surface area contributed by atoms with Gasteiger partial charge in [-0.3, -0.25) is 0 Å². The molecule has 3 aromatic rings. The van der Waals surface area contributed by atoms with Gasteiger partial charge < -0.3 is 15.6 Å². The van der Waals surface area contributed by atoms with Crippen LogP contribution in [0.5, 0.6) is 0 Å². The highest BCUT2D eigenvalue weighted by molar-refractivity contribution is 5.79. The Labute approximate surface area is 116 Å². The SMILES string of the molecule is Cc1nc2ccc(N(C)Cc3nccc(N)n3)cc2[nH]1. The number of aromatic amines is 1. The number of nitrogens with zero attached hydrogens (tertiary/aromatic N) is 4. The van der Waals surface area contributed by atoms with Gasteiger partial charge in [-0.1, -0.05) is 0 Å². The Morgan fingerprint density at radius 3 is 2.90 bits per heavy atom. The van der Waals surface area contributed by atoms with Gasteiger partial charge in [0.05, 0.1) is 17.6 Å². The fourth-order valence-electron chi connectivity index (χ4n) is 2.16. The monoisotopic (exact) mass is 268 g/mol. The molecule has 2 aromatic heterocycles. The molecule has 0 unspecified atom stereocenters. The summed E-state index contributed by atoms with van der Waals surface area (Å²) in [5.74, 6) is 2.11. The number of fused-ring (bicyclic) bond motifs is 1. The predicted octanol–water partition coefficient (Wildman–Crippen LogP) is 1.88. The Morgan fingerprint density at radius 2 is 2.10 bits per heavy atom. The standard InChI is InChI=1S/C14H16N6/c1-9-17-11-4-3-10(7-12(11)18-9)20(2)8-14-16-6-5-13(15)19-14/h3-7H,8H2,1-2H3,(H,17,18)(H2,15,16,19). The lowest BCUT2D eigenvalue weighted by atomic mass is 10.2. The van der Waals surface area contributed by atoms with Crippen LogP contribution >= 0.6 is 0 Å². The molecular formula is C14H16N6. The van der Waals surface area contributed by atoms with E-state index in [2.05, 4.69) is 30.9 Å². The molecule has 0 fully saturated rings. The third-order valence-corrected chi connectivity index (χ3v) is 3.13. The zero-order valence-electron chi connectivity index (χ0n) is 11.5. The molecule has 0 saturated carbocycles. The van der Waals surface area contributed by atoms with Crippen molar-refractivity contribution >= 4 is 22.5 Å². The fraction of sp³-hybridized carbons (Fsp3) is 0.214. The number of nitrogen functional groups attached to an aromatic ring is 1.